The van der Waals surface area contributed by atoms with Crippen LogP contribution in [0, 0.1) is 0 Å². The van der Waals surface area contributed by atoms with E-state index in [1.165, 1.54) is 0 Å². The highest BCUT2D eigenvalue weighted by molar-refractivity contribution is 6.27. The summed E-state index contributed by atoms with van der Waals surface area (Å²) in [4.78, 5) is 18.2. The van der Waals surface area contributed by atoms with Gasteiger partial charge in [-0.1, -0.05) is 6.07 Å². The van der Waals surface area contributed by atoms with Crippen molar-refractivity contribution < 1.29 is 33.7 Å². The van der Waals surface area contributed by atoms with Crippen LogP contribution in [0.5, 0.6) is 11.5 Å². The summed E-state index contributed by atoms with van der Waals surface area (Å²) in [6.07, 6.45) is 1.68. The Morgan fingerprint density at radius 1 is 1.12 bits per heavy atom. The van der Waals surface area contributed by atoms with Crippen molar-refractivity contribution in [3.05, 3.63) is 47.9 Å². The molecule has 0 bridgehead atoms. The van der Waals surface area contributed by atoms with Gasteiger partial charge in [-0.05, 0) is 36.8 Å². The molecule has 25 heavy (non-hydrogen) atoms. The van der Waals surface area contributed by atoms with Crippen LogP contribution in [0.1, 0.15) is 18.2 Å². The van der Waals surface area contributed by atoms with Crippen molar-refractivity contribution in [2.75, 3.05) is 13.7 Å². The van der Waals surface area contributed by atoms with Gasteiger partial charge in [0, 0.05) is 6.54 Å². The van der Waals surface area contributed by atoms with Gasteiger partial charge in [0.2, 0.25) is 0 Å². The lowest BCUT2D eigenvalue weighted by Crippen LogP contribution is -2.12. The smallest absolute Gasteiger partial charge is 0.414 e. The normalized spacial score (nSPS) is 9.68. The molecule has 0 aliphatic heterocycles. The van der Waals surface area contributed by atoms with Crippen LogP contribution >= 0.6 is 0 Å². The largest absolute Gasteiger partial charge is 0.493 e. The van der Waals surface area contributed by atoms with E-state index in [4.69, 9.17) is 33.7 Å². The van der Waals surface area contributed by atoms with Gasteiger partial charge < -0.3 is 29.4 Å². The van der Waals surface area contributed by atoms with E-state index in [1.807, 2.05) is 37.3 Å². The number of carboxylic acids is 2. The molecular weight excluding hydrogens is 330 g/mol. The highest BCUT2D eigenvalue weighted by atomic mass is 16.5. The molecule has 2 aromatic rings. The van der Waals surface area contributed by atoms with Gasteiger partial charge in [-0.15, -0.1) is 0 Å². The minimum absolute atomic E-state index is 0.631. The second-order valence-corrected chi connectivity index (χ2v) is 4.71. The third-order valence-corrected chi connectivity index (χ3v) is 2.92. The molecule has 2 rings (SSSR count). The fourth-order valence-electron chi connectivity index (χ4n) is 1.84. The van der Waals surface area contributed by atoms with Gasteiger partial charge in [0.15, 0.2) is 11.5 Å². The zero-order valence-corrected chi connectivity index (χ0v) is 14.0. The van der Waals surface area contributed by atoms with Crippen LogP contribution in [-0.2, 0) is 22.7 Å². The zero-order chi connectivity index (χ0) is 18.7. The maximum Gasteiger partial charge on any atom is 0.414 e. The van der Waals surface area contributed by atoms with Crippen LogP contribution in [0.15, 0.2) is 41.0 Å². The summed E-state index contributed by atoms with van der Waals surface area (Å²) >= 11 is 0. The molecular formula is C17H21NO7. The summed E-state index contributed by atoms with van der Waals surface area (Å²) in [5.74, 6) is -1.18. The van der Waals surface area contributed by atoms with Crippen LogP contribution in [0.2, 0.25) is 0 Å². The maximum absolute atomic E-state index is 9.10. The molecule has 136 valence electrons. The molecule has 0 saturated heterocycles. The molecule has 8 nitrogen and oxygen atoms in total. The van der Waals surface area contributed by atoms with Gasteiger partial charge in [0.25, 0.3) is 0 Å². The van der Waals surface area contributed by atoms with Crippen LogP contribution in [-0.4, -0.2) is 35.9 Å². The van der Waals surface area contributed by atoms with Gasteiger partial charge in [-0.3, -0.25) is 0 Å². The number of aliphatic carboxylic acids is 2. The number of ether oxygens (including phenoxy) is 2. The summed E-state index contributed by atoms with van der Waals surface area (Å²) in [7, 11) is 1.65. The zero-order valence-electron chi connectivity index (χ0n) is 14.0. The molecule has 0 aliphatic rings. The summed E-state index contributed by atoms with van der Waals surface area (Å²) in [5, 5.41) is 18.1. The quantitative estimate of drug-likeness (QED) is 0.649. The summed E-state index contributed by atoms with van der Waals surface area (Å²) in [6.45, 7) is 4.05. The lowest BCUT2D eigenvalue weighted by Gasteiger charge is -2.11. The van der Waals surface area contributed by atoms with Gasteiger partial charge in [-0.2, -0.15) is 0 Å². The maximum atomic E-state index is 9.10. The number of benzene rings is 1. The number of methoxy groups -OCH3 is 1. The molecule has 0 radical (unpaired) electrons. The fraction of sp³-hybridized carbons (Fsp3) is 0.294. The second-order valence-electron chi connectivity index (χ2n) is 4.71. The Morgan fingerprint density at radius 3 is 2.36 bits per heavy atom. The molecule has 0 atom stereocenters. The fourth-order valence-corrected chi connectivity index (χ4v) is 1.84. The molecule has 1 aromatic heterocycles. The summed E-state index contributed by atoms with van der Waals surface area (Å²) in [5.41, 5.74) is 1.15. The summed E-state index contributed by atoms with van der Waals surface area (Å²) < 4.78 is 16.1. The van der Waals surface area contributed by atoms with E-state index in [9.17, 15) is 0 Å². The van der Waals surface area contributed by atoms with Crippen molar-refractivity contribution in [3.63, 3.8) is 0 Å². The van der Waals surface area contributed by atoms with E-state index in [0.717, 1.165) is 29.4 Å². The number of furan rings is 1. The Labute approximate surface area is 145 Å². The van der Waals surface area contributed by atoms with Crippen molar-refractivity contribution in [3.8, 4) is 11.5 Å². The van der Waals surface area contributed by atoms with Gasteiger partial charge in [0.05, 0.1) is 26.5 Å². The van der Waals surface area contributed by atoms with Crippen LogP contribution in [0.3, 0.4) is 0 Å². The standard InChI is InChI=1S/C15H19NO3.C2H2O4/c1-3-18-14-7-6-12(9-15(14)17-2)10-16-11-13-5-4-8-19-13;3-1(4)2(5)6/h4-9,16H,3,10-11H2,1-2H3;(H,3,4)(H,5,6). The predicted molar refractivity (Wildman–Crippen MR) is 88.7 cm³/mol. The summed E-state index contributed by atoms with van der Waals surface area (Å²) in [6, 6.07) is 9.79. The molecule has 1 aromatic carbocycles. The molecule has 0 aliphatic carbocycles. The van der Waals surface area contributed by atoms with Crippen LogP contribution in [0.25, 0.3) is 0 Å². The molecule has 3 N–H and O–H groups in total. The van der Waals surface area contributed by atoms with Crippen molar-refractivity contribution in [1.82, 2.24) is 5.32 Å². The third kappa shape index (κ3) is 7.40. The van der Waals surface area contributed by atoms with E-state index in [2.05, 4.69) is 5.32 Å². The molecule has 0 saturated carbocycles. The first-order valence-electron chi connectivity index (χ1n) is 7.47. The Bertz CT molecular complexity index is 656. The first-order valence-corrected chi connectivity index (χ1v) is 7.47. The van der Waals surface area contributed by atoms with Gasteiger partial charge >= 0.3 is 11.9 Å². The molecule has 0 fully saturated rings. The van der Waals surface area contributed by atoms with Crippen molar-refractivity contribution >= 4 is 11.9 Å². The average Bonchev–Trinajstić information content (AvgIpc) is 3.10. The Hall–Kier alpha value is -3.00. The second kappa shape index (κ2) is 10.7. The van der Waals surface area contributed by atoms with E-state index < -0.39 is 11.9 Å². The van der Waals surface area contributed by atoms with Crippen LogP contribution < -0.4 is 14.8 Å². The Morgan fingerprint density at radius 2 is 1.84 bits per heavy atom. The molecule has 0 amide bonds. The lowest BCUT2D eigenvalue weighted by molar-refractivity contribution is -0.159. The SMILES string of the molecule is CCOc1ccc(CNCc2ccco2)cc1OC.O=C(O)C(=O)O. The number of carboxylic acid groups (broad SMARTS) is 2. The minimum atomic E-state index is -1.82. The molecule has 8 heteroatoms. The van der Waals surface area contributed by atoms with Crippen molar-refractivity contribution in [2.24, 2.45) is 0 Å². The number of hydrogen-bond donors (Lipinski definition) is 3. The van der Waals surface area contributed by atoms with E-state index in [0.29, 0.717) is 13.2 Å². The number of hydrogen-bond acceptors (Lipinski definition) is 6. The van der Waals surface area contributed by atoms with Gasteiger partial charge in [-0.25, -0.2) is 9.59 Å². The third-order valence-electron chi connectivity index (χ3n) is 2.92. The highest BCUT2D eigenvalue weighted by Crippen LogP contribution is 2.27. The number of rotatable bonds is 7. The first kappa shape index (κ1) is 20.0. The topological polar surface area (TPSA) is 118 Å². The average molecular weight is 351 g/mol. The highest BCUT2D eigenvalue weighted by Gasteiger charge is 2.05. The van der Waals surface area contributed by atoms with Crippen LogP contribution in [0.4, 0.5) is 0 Å². The van der Waals surface area contributed by atoms with E-state index in [1.54, 1.807) is 13.4 Å². The van der Waals surface area contributed by atoms with E-state index in [-0.39, 0.29) is 0 Å². The number of carbonyl (C=O) groups is 2. The molecule has 0 unspecified atom stereocenters. The van der Waals surface area contributed by atoms with Crippen molar-refractivity contribution in [2.45, 2.75) is 20.0 Å². The first-order chi connectivity index (χ1) is 12.0. The Balaban J connectivity index is 0.000000450. The van der Waals surface area contributed by atoms with E-state index >= 15 is 0 Å². The molecule has 0 spiro atoms. The number of nitrogens with one attached hydrogen (secondary N) is 1. The lowest BCUT2D eigenvalue weighted by atomic mass is 10.2. The molecule has 1 heterocycles. The van der Waals surface area contributed by atoms with Crippen molar-refractivity contribution in [1.29, 1.82) is 0 Å². The Kier molecular flexibility index (Phi) is 8.59. The monoisotopic (exact) mass is 351 g/mol. The van der Waals surface area contributed by atoms with Gasteiger partial charge in [0.1, 0.15) is 5.76 Å². The minimum Gasteiger partial charge on any atom is -0.493 e. The predicted octanol–water partition coefficient (Wildman–Crippen LogP) is 2.13.